The molecule has 0 bridgehead atoms. The second-order valence-corrected chi connectivity index (χ2v) is 2.88. The molecule has 0 spiro atoms. The van der Waals surface area contributed by atoms with Crippen molar-refractivity contribution in [1.29, 1.82) is 0 Å². The van der Waals surface area contributed by atoms with E-state index in [0.29, 0.717) is 11.5 Å². The topological polar surface area (TPSA) is 44.5 Å². The predicted molar refractivity (Wildman–Crippen MR) is 49.6 cm³/mol. The first-order chi connectivity index (χ1) is 6.29. The van der Waals surface area contributed by atoms with E-state index in [9.17, 15) is 0 Å². The first kappa shape index (κ1) is 8.13. The Kier molecular flexibility index (Phi) is 1.94. The number of hydrogen-bond donors (Lipinski definition) is 1. The van der Waals surface area contributed by atoms with Gasteiger partial charge >= 0.3 is 0 Å². The third kappa shape index (κ3) is 1.51. The molecule has 1 aromatic rings. The van der Waals surface area contributed by atoms with Crippen LogP contribution in [0.5, 0.6) is 11.5 Å². The summed E-state index contributed by atoms with van der Waals surface area (Å²) in [6.07, 6.45) is 2.01. The average molecular weight is 177 g/mol. The Morgan fingerprint density at radius 3 is 2.92 bits per heavy atom. The van der Waals surface area contributed by atoms with E-state index < -0.39 is 6.41 Å². The molecule has 13 heavy (non-hydrogen) atoms. The van der Waals surface area contributed by atoms with E-state index in [2.05, 4.69) is 6.58 Å². The molecule has 0 amide bonds. The van der Waals surface area contributed by atoms with Gasteiger partial charge in [0.05, 0.1) is 0 Å². The summed E-state index contributed by atoms with van der Waals surface area (Å²) in [5.74, 6) is 1.42. The van der Waals surface area contributed by atoms with Crippen molar-refractivity contribution < 1.29 is 9.47 Å². The average Bonchev–Trinajstić information content (AvgIpc) is 2.44. The summed E-state index contributed by atoms with van der Waals surface area (Å²) in [6, 6.07) is 5.76. The van der Waals surface area contributed by atoms with Gasteiger partial charge in [-0.1, -0.05) is 12.1 Å². The molecule has 1 aliphatic rings. The second-order valence-electron chi connectivity index (χ2n) is 2.88. The Hall–Kier alpha value is -1.48. The molecular formula is C10H11NO2. The van der Waals surface area contributed by atoms with E-state index in [1.165, 1.54) is 0 Å². The standard InChI is InChI=1S/C10H11NO2/c1-2-3-7-4-5-8-9(6-7)13-10(11)12-8/h2,4-6,10H,1,3,11H2. The highest BCUT2D eigenvalue weighted by Crippen LogP contribution is 2.34. The van der Waals surface area contributed by atoms with Gasteiger partial charge in [0.25, 0.3) is 6.41 Å². The maximum absolute atomic E-state index is 5.44. The zero-order chi connectivity index (χ0) is 9.26. The van der Waals surface area contributed by atoms with Gasteiger partial charge < -0.3 is 9.47 Å². The van der Waals surface area contributed by atoms with Crippen molar-refractivity contribution in [3.8, 4) is 11.5 Å². The molecule has 0 radical (unpaired) electrons. The fourth-order valence-electron chi connectivity index (χ4n) is 1.31. The number of nitrogens with two attached hydrogens (primary N) is 1. The number of ether oxygens (including phenoxy) is 2. The summed E-state index contributed by atoms with van der Waals surface area (Å²) in [5, 5.41) is 0. The molecule has 3 nitrogen and oxygen atoms in total. The molecule has 68 valence electrons. The van der Waals surface area contributed by atoms with Crippen molar-refractivity contribution in [3.05, 3.63) is 36.4 Å². The van der Waals surface area contributed by atoms with Crippen LogP contribution in [0.3, 0.4) is 0 Å². The first-order valence-corrected chi connectivity index (χ1v) is 4.12. The summed E-state index contributed by atoms with van der Waals surface area (Å²) in [4.78, 5) is 0. The summed E-state index contributed by atoms with van der Waals surface area (Å²) in [6.45, 7) is 3.67. The van der Waals surface area contributed by atoms with Crippen LogP contribution < -0.4 is 15.2 Å². The Labute approximate surface area is 76.8 Å². The zero-order valence-corrected chi connectivity index (χ0v) is 7.19. The summed E-state index contributed by atoms with van der Waals surface area (Å²) < 4.78 is 10.4. The van der Waals surface area contributed by atoms with Crippen LogP contribution in [0.25, 0.3) is 0 Å². The van der Waals surface area contributed by atoms with Gasteiger partial charge in [0.2, 0.25) is 0 Å². The Balaban J connectivity index is 2.29. The van der Waals surface area contributed by atoms with E-state index in [1.807, 2.05) is 24.3 Å². The maximum atomic E-state index is 5.44. The summed E-state index contributed by atoms with van der Waals surface area (Å²) in [7, 11) is 0. The number of allylic oxidation sites excluding steroid dienone is 1. The quantitative estimate of drug-likeness (QED) is 0.695. The van der Waals surface area contributed by atoms with Gasteiger partial charge in [-0.15, -0.1) is 6.58 Å². The number of rotatable bonds is 2. The molecule has 1 unspecified atom stereocenters. The molecule has 1 heterocycles. The molecule has 0 aliphatic carbocycles. The predicted octanol–water partition coefficient (Wildman–Crippen LogP) is 1.43. The minimum Gasteiger partial charge on any atom is -0.438 e. The van der Waals surface area contributed by atoms with Crippen molar-refractivity contribution in [2.75, 3.05) is 0 Å². The van der Waals surface area contributed by atoms with Crippen LogP contribution in [-0.4, -0.2) is 6.41 Å². The van der Waals surface area contributed by atoms with Crippen molar-refractivity contribution in [2.24, 2.45) is 5.73 Å². The van der Waals surface area contributed by atoms with E-state index >= 15 is 0 Å². The lowest BCUT2D eigenvalue weighted by atomic mass is 10.1. The molecule has 0 saturated heterocycles. The molecule has 2 rings (SSSR count). The van der Waals surface area contributed by atoms with Crippen molar-refractivity contribution in [1.82, 2.24) is 0 Å². The van der Waals surface area contributed by atoms with Crippen molar-refractivity contribution in [2.45, 2.75) is 12.8 Å². The van der Waals surface area contributed by atoms with Gasteiger partial charge in [-0.05, 0) is 24.1 Å². The van der Waals surface area contributed by atoms with Crippen LogP contribution in [-0.2, 0) is 6.42 Å². The molecule has 1 atom stereocenters. The first-order valence-electron chi connectivity index (χ1n) is 4.12. The third-order valence-corrected chi connectivity index (χ3v) is 1.87. The number of benzene rings is 1. The smallest absolute Gasteiger partial charge is 0.300 e. The monoisotopic (exact) mass is 177 g/mol. The lowest BCUT2D eigenvalue weighted by molar-refractivity contribution is 0.0562. The van der Waals surface area contributed by atoms with Crippen LogP contribution in [0.1, 0.15) is 5.56 Å². The number of hydrogen-bond acceptors (Lipinski definition) is 3. The molecule has 0 fully saturated rings. The van der Waals surface area contributed by atoms with Gasteiger partial charge in [0.1, 0.15) is 0 Å². The number of fused-ring (bicyclic) bond motifs is 1. The van der Waals surface area contributed by atoms with Gasteiger partial charge in [-0.3, -0.25) is 5.73 Å². The Morgan fingerprint density at radius 1 is 1.38 bits per heavy atom. The van der Waals surface area contributed by atoms with E-state index in [1.54, 1.807) is 0 Å². The highest BCUT2D eigenvalue weighted by molar-refractivity contribution is 5.45. The Morgan fingerprint density at radius 2 is 2.15 bits per heavy atom. The largest absolute Gasteiger partial charge is 0.438 e. The minimum atomic E-state index is -0.658. The zero-order valence-electron chi connectivity index (χ0n) is 7.19. The van der Waals surface area contributed by atoms with Crippen LogP contribution in [0.15, 0.2) is 30.9 Å². The third-order valence-electron chi connectivity index (χ3n) is 1.87. The lowest BCUT2D eigenvalue weighted by Crippen LogP contribution is -2.28. The summed E-state index contributed by atoms with van der Waals surface area (Å²) in [5.41, 5.74) is 6.59. The van der Waals surface area contributed by atoms with Gasteiger partial charge in [0, 0.05) is 0 Å². The normalized spacial score (nSPS) is 18.7. The molecule has 0 saturated carbocycles. The van der Waals surface area contributed by atoms with Gasteiger partial charge in [-0.2, -0.15) is 0 Å². The fourth-order valence-corrected chi connectivity index (χ4v) is 1.31. The van der Waals surface area contributed by atoms with Crippen molar-refractivity contribution in [3.63, 3.8) is 0 Å². The molecule has 0 aromatic heterocycles. The van der Waals surface area contributed by atoms with E-state index in [0.717, 1.165) is 12.0 Å². The molecule has 3 heteroatoms. The van der Waals surface area contributed by atoms with Crippen LogP contribution >= 0.6 is 0 Å². The lowest BCUT2D eigenvalue weighted by Gasteiger charge is -1.99. The maximum Gasteiger partial charge on any atom is 0.300 e. The Bertz CT molecular complexity index is 336. The fraction of sp³-hybridized carbons (Fsp3) is 0.200. The van der Waals surface area contributed by atoms with Crippen molar-refractivity contribution >= 4 is 0 Å². The van der Waals surface area contributed by atoms with Crippen LogP contribution in [0, 0.1) is 0 Å². The van der Waals surface area contributed by atoms with Crippen LogP contribution in [0.4, 0.5) is 0 Å². The minimum absolute atomic E-state index is 0.658. The van der Waals surface area contributed by atoms with Gasteiger partial charge in [-0.25, -0.2) is 0 Å². The molecule has 1 aliphatic heterocycles. The SMILES string of the molecule is C=CCc1ccc2c(c1)OC(N)O2. The van der Waals surface area contributed by atoms with E-state index in [4.69, 9.17) is 15.2 Å². The second kappa shape index (κ2) is 3.11. The van der Waals surface area contributed by atoms with Gasteiger partial charge in [0.15, 0.2) is 11.5 Å². The molecule has 1 aromatic carbocycles. The highest BCUT2D eigenvalue weighted by atomic mass is 16.7. The highest BCUT2D eigenvalue weighted by Gasteiger charge is 2.19. The van der Waals surface area contributed by atoms with E-state index in [-0.39, 0.29) is 0 Å². The molecular weight excluding hydrogens is 166 g/mol. The molecule has 2 N–H and O–H groups in total. The summed E-state index contributed by atoms with van der Waals surface area (Å²) >= 11 is 0. The van der Waals surface area contributed by atoms with Crippen LogP contribution in [0.2, 0.25) is 0 Å².